The average Bonchev–Trinajstić information content (AvgIpc) is 3.60. The van der Waals surface area contributed by atoms with Gasteiger partial charge in [0.1, 0.15) is 5.75 Å². The van der Waals surface area contributed by atoms with Gasteiger partial charge in [0.25, 0.3) is 0 Å². The fourth-order valence-corrected chi connectivity index (χ4v) is 8.18. The van der Waals surface area contributed by atoms with Gasteiger partial charge in [-0.2, -0.15) is 0 Å². The Labute approximate surface area is 267 Å². The van der Waals surface area contributed by atoms with Crippen molar-refractivity contribution < 1.29 is 18.3 Å². The maximum Gasteiger partial charge on any atom is 0.248 e. The summed E-state index contributed by atoms with van der Waals surface area (Å²) in [4.78, 5) is 18.4. The highest BCUT2D eigenvalue weighted by atomic mass is 35.5. The van der Waals surface area contributed by atoms with Crippen molar-refractivity contribution in [2.45, 2.75) is 75.8 Å². The Hall–Kier alpha value is -1.93. The lowest BCUT2D eigenvalue weighted by molar-refractivity contribution is -0.139. The number of likely N-dealkylation sites (tertiary alicyclic amines) is 2. The van der Waals surface area contributed by atoms with Crippen LogP contribution in [0.15, 0.2) is 54.6 Å². The van der Waals surface area contributed by atoms with Gasteiger partial charge in [0.15, 0.2) is 0 Å². The van der Waals surface area contributed by atoms with E-state index in [1.54, 1.807) is 7.11 Å². The summed E-state index contributed by atoms with van der Waals surface area (Å²) in [6, 6.07) is 19.1. The van der Waals surface area contributed by atoms with Gasteiger partial charge in [-0.15, -0.1) is 24.8 Å². The smallest absolute Gasteiger partial charge is 0.248 e. The molecule has 6 rings (SSSR count). The number of amides is 1. The highest BCUT2D eigenvalue weighted by Crippen LogP contribution is 2.46. The van der Waals surface area contributed by atoms with Gasteiger partial charge in [0.2, 0.25) is 11.8 Å². The molecule has 1 amide bonds. The molecule has 0 radical (unpaired) electrons. The van der Waals surface area contributed by atoms with E-state index in [0.717, 1.165) is 69.7 Å². The molecule has 3 heterocycles. The van der Waals surface area contributed by atoms with Crippen molar-refractivity contribution in [3.05, 3.63) is 65.7 Å². The maximum atomic E-state index is 14.0. The van der Waals surface area contributed by atoms with E-state index in [-0.39, 0.29) is 43.1 Å². The average molecular weight is 639 g/mol. The minimum Gasteiger partial charge on any atom is -0.497 e. The van der Waals surface area contributed by atoms with Crippen LogP contribution in [-0.2, 0) is 11.3 Å². The Morgan fingerprint density at radius 3 is 2.21 bits per heavy atom. The van der Waals surface area contributed by atoms with E-state index < -0.39 is 5.92 Å². The molecule has 5 nitrogen and oxygen atoms in total. The predicted molar refractivity (Wildman–Crippen MR) is 172 cm³/mol. The molecule has 1 N–H and O–H groups in total. The second-order valence-electron chi connectivity index (χ2n) is 13.1. The molecule has 9 heteroatoms. The topological polar surface area (TPSA) is 44.8 Å². The van der Waals surface area contributed by atoms with Gasteiger partial charge in [0.05, 0.1) is 12.5 Å². The van der Waals surface area contributed by atoms with Crippen LogP contribution in [0.25, 0.3) is 0 Å². The molecule has 1 aliphatic carbocycles. The summed E-state index contributed by atoms with van der Waals surface area (Å²) in [7, 11) is 1.67. The SMILES string of the molecule is COc1ccc(CN2CCC3(CCN(C(CC4CCC(F)(F)CC4)[C@@H]4CNC[C@@H]4c4ccccc4)CC3)C2=O)cc1.Cl.Cl. The molecule has 4 fully saturated rings. The van der Waals surface area contributed by atoms with Crippen LogP contribution >= 0.6 is 24.8 Å². The van der Waals surface area contributed by atoms with Crippen LogP contribution in [0.5, 0.6) is 5.75 Å². The minimum absolute atomic E-state index is 0. The number of benzene rings is 2. The molecule has 0 aromatic heterocycles. The largest absolute Gasteiger partial charge is 0.497 e. The third-order valence-corrected chi connectivity index (χ3v) is 10.8. The highest BCUT2D eigenvalue weighted by Gasteiger charge is 2.50. The number of nitrogens with zero attached hydrogens (tertiary/aromatic N) is 2. The van der Waals surface area contributed by atoms with E-state index >= 15 is 0 Å². The van der Waals surface area contributed by atoms with E-state index in [1.807, 2.05) is 29.2 Å². The van der Waals surface area contributed by atoms with Gasteiger partial charge >= 0.3 is 0 Å². The molecular weight excluding hydrogens is 591 g/mol. The quantitative estimate of drug-likeness (QED) is 0.341. The normalized spacial score (nSPS) is 26.1. The third-order valence-electron chi connectivity index (χ3n) is 10.8. The lowest BCUT2D eigenvalue weighted by atomic mass is 9.73. The fraction of sp³-hybridized carbons (Fsp3) is 0.618. The van der Waals surface area contributed by atoms with Crippen molar-refractivity contribution in [2.75, 3.05) is 39.8 Å². The number of nitrogens with one attached hydrogen (secondary N) is 1. The fourth-order valence-electron chi connectivity index (χ4n) is 8.18. The number of alkyl halides is 2. The predicted octanol–water partition coefficient (Wildman–Crippen LogP) is 6.94. The summed E-state index contributed by atoms with van der Waals surface area (Å²) in [5.74, 6) is -0.140. The molecule has 43 heavy (non-hydrogen) atoms. The second kappa shape index (κ2) is 14.4. The lowest BCUT2D eigenvalue weighted by Gasteiger charge is -2.46. The molecule has 1 spiro atoms. The molecule has 4 aliphatic rings. The first-order valence-electron chi connectivity index (χ1n) is 15.7. The molecule has 1 saturated carbocycles. The van der Waals surface area contributed by atoms with Crippen LogP contribution in [0.2, 0.25) is 0 Å². The molecule has 0 bridgehead atoms. The van der Waals surface area contributed by atoms with E-state index in [1.165, 1.54) is 5.56 Å². The van der Waals surface area contributed by atoms with Crippen LogP contribution < -0.4 is 10.1 Å². The molecule has 238 valence electrons. The molecule has 2 aromatic rings. The van der Waals surface area contributed by atoms with Crippen molar-refractivity contribution in [1.82, 2.24) is 15.1 Å². The van der Waals surface area contributed by atoms with Crippen molar-refractivity contribution in [3.8, 4) is 5.75 Å². The van der Waals surface area contributed by atoms with Crippen LogP contribution in [0.4, 0.5) is 8.78 Å². The summed E-state index contributed by atoms with van der Waals surface area (Å²) in [6.07, 6.45) is 4.98. The Balaban J connectivity index is 0.00000212. The van der Waals surface area contributed by atoms with E-state index in [4.69, 9.17) is 4.74 Å². The Morgan fingerprint density at radius 2 is 1.56 bits per heavy atom. The molecule has 1 unspecified atom stereocenters. The van der Waals surface area contributed by atoms with Crippen LogP contribution in [0, 0.1) is 17.3 Å². The van der Waals surface area contributed by atoms with Crippen molar-refractivity contribution in [2.24, 2.45) is 17.3 Å². The molecule has 3 aliphatic heterocycles. The van der Waals surface area contributed by atoms with Gasteiger partial charge in [-0.3, -0.25) is 9.69 Å². The summed E-state index contributed by atoms with van der Waals surface area (Å²) in [6.45, 7) is 5.21. The standard InChI is InChI=1S/C34H45F2N3O2.2ClH/c1-41-28-9-7-26(8-10-28)24-39-20-17-33(32(39)40)15-18-38(19-16-33)31(21-25-11-13-34(35,36)14-12-25)30-23-37-22-29(30)27-5-3-2-4-6-27;;/h2-10,25,29-31,37H,11-24H2,1H3;2*1H/t29-,30-,31?;;/m1../s1. The number of halogens is 4. The molecular formula is C34H47Cl2F2N3O2. The first kappa shape index (κ1) is 34.0. The van der Waals surface area contributed by atoms with E-state index in [2.05, 4.69) is 40.5 Å². The number of carbonyl (C=O) groups excluding carboxylic acids is 1. The molecule has 3 saturated heterocycles. The summed E-state index contributed by atoms with van der Waals surface area (Å²) in [5.41, 5.74) is 2.25. The number of hydrogen-bond donors (Lipinski definition) is 1. The van der Waals surface area contributed by atoms with E-state index in [9.17, 15) is 13.6 Å². The van der Waals surface area contributed by atoms with Gasteiger partial charge < -0.3 is 15.0 Å². The summed E-state index contributed by atoms with van der Waals surface area (Å²) >= 11 is 0. The van der Waals surface area contributed by atoms with Crippen LogP contribution in [0.1, 0.15) is 68.4 Å². The highest BCUT2D eigenvalue weighted by molar-refractivity contribution is 5.86. The number of carbonyl (C=O) groups is 1. The number of methoxy groups -OCH3 is 1. The molecule has 3 atom stereocenters. The van der Waals surface area contributed by atoms with Gasteiger partial charge in [-0.25, -0.2) is 8.78 Å². The van der Waals surface area contributed by atoms with Gasteiger partial charge in [-0.05, 0) is 86.7 Å². The zero-order chi connectivity index (χ0) is 28.5. The van der Waals surface area contributed by atoms with Crippen molar-refractivity contribution >= 4 is 30.7 Å². The minimum atomic E-state index is -2.49. The molecule has 2 aromatic carbocycles. The van der Waals surface area contributed by atoms with Crippen LogP contribution in [0.3, 0.4) is 0 Å². The Kier molecular flexibility index (Phi) is 11.4. The number of piperidine rings is 1. The van der Waals surface area contributed by atoms with Crippen molar-refractivity contribution in [3.63, 3.8) is 0 Å². The Morgan fingerprint density at radius 1 is 0.907 bits per heavy atom. The second-order valence-corrected chi connectivity index (χ2v) is 13.1. The monoisotopic (exact) mass is 637 g/mol. The van der Waals surface area contributed by atoms with Gasteiger partial charge in [0, 0.05) is 51.0 Å². The van der Waals surface area contributed by atoms with E-state index in [0.29, 0.717) is 49.1 Å². The lowest BCUT2D eigenvalue weighted by Crippen LogP contribution is -2.51. The zero-order valence-electron chi connectivity index (χ0n) is 25.2. The number of ether oxygens (including phenoxy) is 1. The maximum absolute atomic E-state index is 14.0. The zero-order valence-corrected chi connectivity index (χ0v) is 26.8. The van der Waals surface area contributed by atoms with Crippen molar-refractivity contribution in [1.29, 1.82) is 0 Å². The summed E-state index contributed by atoms with van der Waals surface area (Å²) in [5, 5.41) is 3.67. The Bertz CT molecular complexity index is 1170. The first-order chi connectivity index (χ1) is 19.9. The summed E-state index contributed by atoms with van der Waals surface area (Å²) < 4.78 is 33.3. The third kappa shape index (κ3) is 7.49. The van der Waals surface area contributed by atoms with Gasteiger partial charge in [-0.1, -0.05) is 42.5 Å². The van der Waals surface area contributed by atoms with Crippen LogP contribution in [-0.4, -0.2) is 67.5 Å². The number of hydrogen-bond acceptors (Lipinski definition) is 4. The first-order valence-corrected chi connectivity index (χ1v) is 15.7. The number of rotatable bonds is 8.